The normalized spacial score (nSPS) is 13.5. The van der Waals surface area contributed by atoms with Crippen molar-refractivity contribution >= 4 is 5.78 Å². The van der Waals surface area contributed by atoms with Gasteiger partial charge in [0.05, 0.1) is 6.04 Å². The van der Waals surface area contributed by atoms with Gasteiger partial charge in [0.25, 0.3) is 0 Å². The van der Waals surface area contributed by atoms with Crippen molar-refractivity contribution in [3.8, 4) is 0 Å². The highest BCUT2D eigenvalue weighted by Gasteiger charge is 2.09. The Bertz CT molecular complexity index is 355. The highest BCUT2D eigenvalue weighted by Crippen LogP contribution is 2.09. The third kappa shape index (κ3) is 15.5. The molecule has 0 heterocycles. The van der Waals surface area contributed by atoms with E-state index in [-0.39, 0.29) is 11.8 Å². The van der Waals surface area contributed by atoms with Crippen molar-refractivity contribution in [1.82, 2.24) is 0 Å². The molecule has 1 atom stereocenters. The van der Waals surface area contributed by atoms with Crippen LogP contribution in [0.3, 0.4) is 0 Å². The van der Waals surface area contributed by atoms with Crippen LogP contribution < -0.4 is 5.73 Å². The topological polar surface area (TPSA) is 43.1 Å². The number of carbonyl (C=O) groups is 1. The molecular formula is C21H37NO. The van der Waals surface area contributed by atoms with Gasteiger partial charge in [-0.2, -0.15) is 0 Å². The summed E-state index contributed by atoms with van der Waals surface area (Å²) in [6, 6.07) is -0.239. The van der Waals surface area contributed by atoms with Crippen LogP contribution in [0.5, 0.6) is 0 Å². The molecule has 0 aliphatic rings. The molecule has 0 aromatic rings. The average Bonchev–Trinajstić information content (AvgIpc) is 2.57. The first-order valence-electron chi connectivity index (χ1n) is 9.45. The van der Waals surface area contributed by atoms with E-state index in [9.17, 15) is 4.79 Å². The Hall–Kier alpha value is -1.15. The van der Waals surface area contributed by atoms with Crippen molar-refractivity contribution in [1.29, 1.82) is 0 Å². The van der Waals surface area contributed by atoms with E-state index in [1.54, 1.807) is 0 Å². The summed E-state index contributed by atoms with van der Waals surface area (Å²) in [5, 5.41) is 0. The largest absolute Gasteiger partial charge is 0.322 e. The van der Waals surface area contributed by atoms with Crippen LogP contribution in [0.1, 0.15) is 84.5 Å². The number of allylic oxidation sites excluding steroid dienone is 6. The smallest absolute Gasteiger partial charge is 0.149 e. The SMILES string of the molecule is CC/C=C\C/C=C\C/C=C\CCCCCCCC(=O)C(N)CC. The van der Waals surface area contributed by atoms with Crippen LogP contribution in [0.25, 0.3) is 0 Å². The Balaban J connectivity index is 3.34. The number of hydrogen-bond acceptors (Lipinski definition) is 2. The molecule has 2 heteroatoms. The first kappa shape index (κ1) is 21.9. The third-order valence-electron chi connectivity index (χ3n) is 3.93. The maximum absolute atomic E-state index is 11.6. The molecule has 2 nitrogen and oxygen atoms in total. The Morgan fingerprint density at radius 2 is 1.39 bits per heavy atom. The van der Waals surface area contributed by atoms with E-state index in [1.807, 2.05) is 6.92 Å². The summed E-state index contributed by atoms with van der Waals surface area (Å²) in [4.78, 5) is 11.6. The number of rotatable bonds is 15. The van der Waals surface area contributed by atoms with Crippen molar-refractivity contribution in [3.05, 3.63) is 36.5 Å². The van der Waals surface area contributed by atoms with E-state index in [0.29, 0.717) is 6.42 Å². The summed E-state index contributed by atoms with van der Waals surface area (Å²) in [6.07, 6.45) is 25.1. The molecule has 0 fully saturated rings. The van der Waals surface area contributed by atoms with Gasteiger partial charge < -0.3 is 5.73 Å². The van der Waals surface area contributed by atoms with Crippen LogP contribution in [0, 0.1) is 0 Å². The standard InChI is InChI=1S/C21H37NO/c1-3-5-6-7-8-9-10-11-12-13-14-15-16-17-18-19-21(23)20(22)4-2/h5-6,8-9,11-12,20H,3-4,7,10,13-19,22H2,1-2H3/b6-5-,9-8-,12-11-. The zero-order valence-electron chi connectivity index (χ0n) is 15.3. The molecule has 0 aliphatic carbocycles. The number of Topliss-reactive ketones (excluding diaryl/α,β-unsaturated/α-hetero) is 1. The second-order valence-corrected chi connectivity index (χ2v) is 6.08. The van der Waals surface area contributed by atoms with Crippen LogP contribution in [-0.2, 0) is 4.79 Å². The molecule has 0 aromatic heterocycles. The Morgan fingerprint density at radius 1 is 0.826 bits per heavy atom. The first-order chi connectivity index (χ1) is 11.2. The molecule has 0 bridgehead atoms. The molecular weight excluding hydrogens is 282 g/mol. The average molecular weight is 320 g/mol. The summed E-state index contributed by atoms with van der Waals surface area (Å²) in [5.74, 6) is 0.230. The number of carbonyl (C=O) groups excluding carboxylic acids is 1. The van der Waals surface area contributed by atoms with Crippen molar-refractivity contribution < 1.29 is 4.79 Å². The molecule has 0 aromatic carbocycles. The van der Waals surface area contributed by atoms with Crippen LogP contribution in [0.4, 0.5) is 0 Å². The zero-order chi connectivity index (χ0) is 17.2. The van der Waals surface area contributed by atoms with Crippen LogP contribution in [0.15, 0.2) is 36.5 Å². The lowest BCUT2D eigenvalue weighted by Gasteiger charge is -2.06. The molecule has 132 valence electrons. The van der Waals surface area contributed by atoms with Gasteiger partial charge in [-0.3, -0.25) is 4.79 Å². The van der Waals surface area contributed by atoms with Gasteiger partial charge in [-0.05, 0) is 44.9 Å². The second-order valence-electron chi connectivity index (χ2n) is 6.08. The van der Waals surface area contributed by atoms with E-state index in [1.165, 1.54) is 25.7 Å². The first-order valence-corrected chi connectivity index (χ1v) is 9.45. The Labute approximate surface area is 143 Å². The van der Waals surface area contributed by atoms with Crippen molar-refractivity contribution in [3.63, 3.8) is 0 Å². The molecule has 0 saturated heterocycles. The summed E-state index contributed by atoms with van der Waals surface area (Å²) in [6.45, 7) is 4.12. The summed E-state index contributed by atoms with van der Waals surface area (Å²) >= 11 is 0. The second kappa shape index (κ2) is 17.2. The fourth-order valence-electron chi connectivity index (χ4n) is 2.33. The molecule has 23 heavy (non-hydrogen) atoms. The molecule has 1 unspecified atom stereocenters. The number of hydrogen-bond donors (Lipinski definition) is 1. The van der Waals surface area contributed by atoms with E-state index in [2.05, 4.69) is 43.4 Å². The fraction of sp³-hybridized carbons (Fsp3) is 0.667. The minimum atomic E-state index is -0.239. The summed E-state index contributed by atoms with van der Waals surface area (Å²) < 4.78 is 0. The number of unbranched alkanes of at least 4 members (excludes halogenated alkanes) is 5. The maximum atomic E-state index is 11.6. The van der Waals surface area contributed by atoms with Gasteiger partial charge in [0.1, 0.15) is 5.78 Å². The van der Waals surface area contributed by atoms with Gasteiger partial charge in [0.15, 0.2) is 0 Å². The quantitative estimate of drug-likeness (QED) is 0.302. The van der Waals surface area contributed by atoms with Gasteiger partial charge in [0.2, 0.25) is 0 Å². The predicted molar refractivity (Wildman–Crippen MR) is 103 cm³/mol. The lowest BCUT2D eigenvalue weighted by atomic mass is 10.0. The molecule has 0 amide bonds. The molecule has 0 aliphatic heterocycles. The van der Waals surface area contributed by atoms with Crippen LogP contribution in [0.2, 0.25) is 0 Å². The van der Waals surface area contributed by atoms with Crippen LogP contribution in [-0.4, -0.2) is 11.8 Å². The molecule has 0 spiro atoms. The van der Waals surface area contributed by atoms with E-state index < -0.39 is 0 Å². The molecule has 0 saturated carbocycles. The summed E-state index contributed by atoms with van der Waals surface area (Å²) in [5.41, 5.74) is 5.71. The third-order valence-corrected chi connectivity index (χ3v) is 3.93. The maximum Gasteiger partial charge on any atom is 0.149 e. The van der Waals surface area contributed by atoms with Crippen LogP contribution >= 0.6 is 0 Å². The lowest BCUT2D eigenvalue weighted by Crippen LogP contribution is -2.29. The van der Waals surface area contributed by atoms with Gasteiger partial charge in [0, 0.05) is 6.42 Å². The Morgan fingerprint density at radius 3 is 2.04 bits per heavy atom. The highest BCUT2D eigenvalue weighted by atomic mass is 16.1. The van der Waals surface area contributed by atoms with Gasteiger partial charge in [-0.25, -0.2) is 0 Å². The van der Waals surface area contributed by atoms with E-state index in [4.69, 9.17) is 5.73 Å². The highest BCUT2D eigenvalue weighted by molar-refractivity contribution is 5.83. The fourth-order valence-corrected chi connectivity index (χ4v) is 2.33. The number of ketones is 1. The van der Waals surface area contributed by atoms with Crippen molar-refractivity contribution in [2.24, 2.45) is 5.73 Å². The van der Waals surface area contributed by atoms with Gasteiger partial charge in [-0.15, -0.1) is 0 Å². The Kier molecular flexibility index (Phi) is 16.3. The zero-order valence-corrected chi connectivity index (χ0v) is 15.3. The lowest BCUT2D eigenvalue weighted by molar-refractivity contribution is -0.120. The molecule has 2 N–H and O–H groups in total. The monoisotopic (exact) mass is 319 g/mol. The minimum Gasteiger partial charge on any atom is -0.322 e. The van der Waals surface area contributed by atoms with Crippen molar-refractivity contribution in [2.75, 3.05) is 0 Å². The van der Waals surface area contributed by atoms with E-state index in [0.717, 1.165) is 38.5 Å². The predicted octanol–water partition coefficient (Wildman–Crippen LogP) is 5.88. The minimum absolute atomic E-state index is 0.230. The van der Waals surface area contributed by atoms with Crippen molar-refractivity contribution in [2.45, 2.75) is 90.5 Å². The van der Waals surface area contributed by atoms with Gasteiger partial charge in [-0.1, -0.05) is 69.6 Å². The molecule has 0 radical (unpaired) electrons. The summed E-state index contributed by atoms with van der Waals surface area (Å²) in [7, 11) is 0. The number of nitrogens with two attached hydrogens (primary N) is 1. The van der Waals surface area contributed by atoms with E-state index >= 15 is 0 Å². The molecule has 0 rings (SSSR count). The van der Waals surface area contributed by atoms with Gasteiger partial charge >= 0.3 is 0 Å².